The lowest BCUT2D eigenvalue weighted by Crippen LogP contribution is -2.10. The Morgan fingerprint density at radius 1 is 1.56 bits per heavy atom. The predicted molar refractivity (Wildman–Crippen MR) is 61.9 cm³/mol. The third-order valence-electron chi connectivity index (χ3n) is 1.43. The Balaban J connectivity index is 0.000000494. The number of hydrogen-bond acceptors (Lipinski definition) is 5. The van der Waals surface area contributed by atoms with Crippen LogP contribution in [0.4, 0.5) is 10.2 Å². The van der Waals surface area contributed by atoms with Crippen LogP contribution in [0.15, 0.2) is 12.3 Å². The van der Waals surface area contributed by atoms with Gasteiger partial charge in [-0.25, -0.2) is 9.37 Å². The Morgan fingerprint density at radius 3 is 2.44 bits per heavy atom. The lowest BCUT2D eigenvalue weighted by Gasteiger charge is -2.04. The first-order valence-electron chi connectivity index (χ1n) is 4.59. The number of carbonyl (C=O) groups is 1. The van der Waals surface area contributed by atoms with Crippen molar-refractivity contribution in [3.05, 3.63) is 23.6 Å². The molecule has 1 heterocycles. The maximum Gasteiger partial charge on any atom is 0.261 e. The first-order chi connectivity index (χ1) is 8.15. The summed E-state index contributed by atoms with van der Waals surface area (Å²) in [6, 6.07) is 1.35. The summed E-state index contributed by atoms with van der Waals surface area (Å²) in [5.41, 5.74) is 0.110. The van der Waals surface area contributed by atoms with Gasteiger partial charge in [0.05, 0.1) is 12.9 Å². The summed E-state index contributed by atoms with van der Waals surface area (Å²) in [6.07, 6.45) is 2.03. The lowest BCUT2D eigenvalue weighted by molar-refractivity contribution is -0.114. The van der Waals surface area contributed by atoms with Crippen molar-refractivity contribution in [1.29, 1.82) is 0 Å². The maximum atomic E-state index is 13.2. The third-order valence-corrected chi connectivity index (χ3v) is 1.43. The Labute approximate surface area is 103 Å². The molecule has 0 saturated carbocycles. The van der Waals surface area contributed by atoms with E-state index < -0.39 is 28.4 Å². The zero-order valence-electron chi connectivity index (χ0n) is 9.71. The number of nitrogens with one attached hydrogen (secondary N) is 1. The van der Waals surface area contributed by atoms with Crippen LogP contribution in [0.5, 0.6) is 0 Å². The summed E-state index contributed by atoms with van der Waals surface area (Å²) < 4.78 is 39.1. The van der Waals surface area contributed by atoms with Gasteiger partial charge in [0.2, 0.25) is 5.91 Å². The van der Waals surface area contributed by atoms with Crippen LogP contribution in [0.3, 0.4) is 0 Å². The smallest absolute Gasteiger partial charge is 0.261 e. The van der Waals surface area contributed by atoms with Crippen LogP contribution in [0.2, 0.25) is 0 Å². The lowest BCUT2D eigenvalue weighted by atomic mass is 10.2. The Hall–Kier alpha value is -1.58. The van der Waals surface area contributed by atoms with E-state index in [2.05, 4.69) is 10.3 Å². The van der Waals surface area contributed by atoms with Crippen LogP contribution in [-0.4, -0.2) is 35.2 Å². The van der Waals surface area contributed by atoms with Gasteiger partial charge in [0.15, 0.2) is 11.6 Å². The van der Waals surface area contributed by atoms with Gasteiger partial charge in [0, 0.05) is 18.7 Å². The fourth-order valence-corrected chi connectivity index (χ4v) is 0.860. The van der Waals surface area contributed by atoms with Crippen LogP contribution in [0.1, 0.15) is 12.5 Å². The summed E-state index contributed by atoms with van der Waals surface area (Å²) in [5.74, 6) is -1.25. The van der Waals surface area contributed by atoms with Gasteiger partial charge >= 0.3 is 0 Å². The van der Waals surface area contributed by atoms with Gasteiger partial charge in [-0.2, -0.15) is 8.42 Å². The van der Waals surface area contributed by atoms with E-state index in [9.17, 15) is 17.6 Å². The number of aliphatic hydroxyl groups excluding tert-OH is 1. The molecule has 0 aliphatic rings. The average molecular weight is 280 g/mol. The minimum absolute atomic E-state index is 0.110. The molecule has 0 atom stereocenters. The second-order valence-electron chi connectivity index (χ2n) is 3.20. The molecule has 1 rings (SSSR count). The number of hydrogen-bond donors (Lipinski definition) is 3. The normalized spacial score (nSPS) is 10.3. The fourth-order valence-electron chi connectivity index (χ4n) is 0.860. The molecule has 0 aromatic carbocycles. The van der Waals surface area contributed by atoms with E-state index in [-0.39, 0.29) is 11.4 Å². The molecule has 0 unspecified atom stereocenters. The molecule has 0 saturated heterocycles. The molecular weight excluding hydrogens is 267 g/mol. The van der Waals surface area contributed by atoms with Crippen LogP contribution in [-0.2, 0) is 21.5 Å². The number of halogens is 1. The number of anilines is 1. The highest BCUT2D eigenvalue weighted by atomic mass is 32.2. The molecular formula is C9H13FN2O5S. The van der Waals surface area contributed by atoms with E-state index >= 15 is 0 Å². The topological polar surface area (TPSA) is 117 Å². The van der Waals surface area contributed by atoms with Crippen molar-refractivity contribution < 1.29 is 27.3 Å². The highest BCUT2D eigenvalue weighted by Gasteiger charge is 2.08. The second-order valence-corrected chi connectivity index (χ2v) is 4.67. The van der Waals surface area contributed by atoms with Crippen LogP contribution < -0.4 is 5.32 Å². The van der Waals surface area contributed by atoms with Gasteiger partial charge in [0.25, 0.3) is 10.1 Å². The second kappa shape index (κ2) is 6.99. The van der Waals surface area contributed by atoms with Crippen molar-refractivity contribution in [2.45, 2.75) is 13.5 Å². The number of aliphatic hydroxyl groups is 1. The third kappa shape index (κ3) is 7.65. The quantitative estimate of drug-likeness (QED) is 0.665. The molecule has 7 nitrogen and oxygen atoms in total. The molecule has 1 aromatic heterocycles. The van der Waals surface area contributed by atoms with Crippen molar-refractivity contribution in [2.75, 3.05) is 11.6 Å². The number of nitrogens with zero attached hydrogens (tertiary/aromatic N) is 1. The minimum atomic E-state index is -3.67. The highest BCUT2D eigenvalue weighted by molar-refractivity contribution is 7.85. The van der Waals surface area contributed by atoms with Gasteiger partial charge < -0.3 is 10.4 Å². The first-order valence-corrected chi connectivity index (χ1v) is 6.44. The van der Waals surface area contributed by atoms with Gasteiger partial charge in [0.1, 0.15) is 0 Å². The van der Waals surface area contributed by atoms with E-state index in [1.807, 2.05) is 0 Å². The number of carbonyl (C=O) groups excluding carboxylic acids is 1. The Morgan fingerprint density at radius 2 is 2.06 bits per heavy atom. The minimum Gasteiger partial charge on any atom is -0.392 e. The van der Waals surface area contributed by atoms with E-state index in [0.717, 1.165) is 0 Å². The van der Waals surface area contributed by atoms with Gasteiger partial charge in [-0.05, 0) is 6.07 Å². The molecule has 0 aliphatic heterocycles. The fraction of sp³-hybridized carbons (Fsp3) is 0.333. The number of amides is 1. The van der Waals surface area contributed by atoms with Crippen molar-refractivity contribution in [1.82, 2.24) is 4.98 Å². The van der Waals surface area contributed by atoms with Gasteiger partial charge in [-0.1, -0.05) is 0 Å². The Kier molecular flexibility index (Phi) is 6.37. The molecule has 0 spiro atoms. The molecule has 0 fully saturated rings. The largest absolute Gasteiger partial charge is 0.392 e. The highest BCUT2D eigenvalue weighted by Crippen LogP contribution is 2.14. The van der Waals surface area contributed by atoms with E-state index in [4.69, 9.17) is 9.66 Å². The molecule has 1 amide bonds. The van der Waals surface area contributed by atoms with Crippen molar-refractivity contribution >= 4 is 21.8 Å². The molecule has 0 radical (unpaired) electrons. The first kappa shape index (κ1) is 16.4. The Bertz CT molecular complexity index is 510. The van der Waals surface area contributed by atoms with E-state index in [0.29, 0.717) is 6.26 Å². The van der Waals surface area contributed by atoms with E-state index in [1.165, 1.54) is 19.2 Å². The summed E-state index contributed by atoms with van der Waals surface area (Å²) in [4.78, 5) is 14.2. The predicted octanol–water partition coefficient (Wildman–Crippen LogP) is 0.175. The molecule has 18 heavy (non-hydrogen) atoms. The van der Waals surface area contributed by atoms with Crippen molar-refractivity contribution in [3.63, 3.8) is 0 Å². The van der Waals surface area contributed by atoms with E-state index in [1.54, 1.807) is 0 Å². The van der Waals surface area contributed by atoms with Crippen molar-refractivity contribution in [3.8, 4) is 0 Å². The van der Waals surface area contributed by atoms with Crippen LogP contribution >= 0.6 is 0 Å². The van der Waals surface area contributed by atoms with Crippen molar-refractivity contribution in [2.24, 2.45) is 0 Å². The molecule has 3 N–H and O–H groups in total. The number of aromatic nitrogens is 1. The maximum absolute atomic E-state index is 13.2. The standard InChI is InChI=1S/C8H9FN2O2.CH4O3S/c1-5(13)11-8-7(9)6(4-12)2-3-10-8;1-5(2,3)4/h2-3,12H,4H2,1H3,(H,10,11,13);1H3,(H,2,3,4). The number of pyridine rings is 1. The van der Waals surface area contributed by atoms with Crippen LogP contribution in [0, 0.1) is 5.82 Å². The molecule has 9 heteroatoms. The van der Waals surface area contributed by atoms with Gasteiger partial charge in [-0.3, -0.25) is 9.35 Å². The summed E-state index contributed by atoms with van der Waals surface area (Å²) in [7, 11) is -3.67. The molecule has 102 valence electrons. The molecule has 0 aliphatic carbocycles. The summed E-state index contributed by atoms with van der Waals surface area (Å²) in [6.45, 7) is 0.841. The van der Waals surface area contributed by atoms with Gasteiger partial charge in [-0.15, -0.1) is 0 Å². The average Bonchev–Trinajstić information content (AvgIpc) is 2.18. The zero-order valence-corrected chi connectivity index (χ0v) is 10.5. The SMILES string of the molecule is CC(=O)Nc1nccc(CO)c1F.CS(=O)(=O)O. The monoisotopic (exact) mass is 280 g/mol. The van der Waals surface area contributed by atoms with Crippen LogP contribution in [0.25, 0.3) is 0 Å². The molecule has 0 bridgehead atoms. The number of rotatable bonds is 2. The summed E-state index contributed by atoms with van der Waals surface area (Å²) >= 11 is 0. The zero-order chi connectivity index (χ0) is 14.3. The summed E-state index contributed by atoms with van der Waals surface area (Å²) in [5, 5.41) is 10.9. The molecule has 1 aromatic rings.